The van der Waals surface area contributed by atoms with E-state index in [1.165, 1.54) is 0 Å². The number of hydrogen-bond donors (Lipinski definition) is 2. The van der Waals surface area contributed by atoms with Crippen LogP contribution in [0.3, 0.4) is 0 Å². The van der Waals surface area contributed by atoms with Gasteiger partial charge in [-0.25, -0.2) is 0 Å². The number of rotatable bonds is 6. The first-order chi connectivity index (χ1) is 8.90. The number of benzene rings is 1. The van der Waals surface area contributed by atoms with Gasteiger partial charge in [0.15, 0.2) is 0 Å². The molecule has 0 radical (unpaired) electrons. The zero-order valence-corrected chi connectivity index (χ0v) is 13.8. The maximum atomic E-state index is 11.8. The SMILES string of the molecule is CC(C)CNC(=O)C(C)NCc1ccc(Cl)c(Br)c1. The van der Waals surface area contributed by atoms with Crippen LogP contribution >= 0.6 is 27.5 Å². The van der Waals surface area contributed by atoms with E-state index >= 15 is 0 Å². The van der Waals surface area contributed by atoms with Gasteiger partial charge in [-0.05, 0) is 46.5 Å². The summed E-state index contributed by atoms with van der Waals surface area (Å²) in [5, 5.41) is 6.79. The second kappa shape index (κ2) is 7.88. The zero-order valence-electron chi connectivity index (χ0n) is 11.5. The molecule has 0 saturated carbocycles. The summed E-state index contributed by atoms with van der Waals surface area (Å²) in [5.41, 5.74) is 1.08. The molecule has 1 aromatic rings. The molecular formula is C14H20BrClN2O. The van der Waals surface area contributed by atoms with Gasteiger partial charge in [-0.3, -0.25) is 4.79 Å². The van der Waals surface area contributed by atoms with Crippen LogP contribution in [0.1, 0.15) is 26.3 Å². The number of amides is 1. The smallest absolute Gasteiger partial charge is 0.236 e. The Labute approximate surface area is 128 Å². The summed E-state index contributed by atoms with van der Waals surface area (Å²) in [7, 11) is 0. The molecule has 0 aliphatic rings. The van der Waals surface area contributed by atoms with Crippen molar-refractivity contribution in [1.29, 1.82) is 0 Å². The predicted molar refractivity (Wildman–Crippen MR) is 83.3 cm³/mol. The molecule has 0 saturated heterocycles. The Balaban J connectivity index is 2.42. The van der Waals surface area contributed by atoms with Crippen LogP contribution in [-0.2, 0) is 11.3 Å². The van der Waals surface area contributed by atoms with Crippen LogP contribution in [0, 0.1) is 5.92 Å². The Kier molecular flexibility index (Phi) is 6.83. The molecule has 19 heavy (non-hydrogen) atoms. The van der Waals surface area contributed by atoms with E-state index in [1.54, 1.807) is 0 Å². The van der Waals surface area contributed by atoms with Gasteiger partial charge in [0.25, 0.3) is 0 Å². The molecule has 1 rings (SSSR count). The topological polar surface area (TPSA) is 41.1 Å². The van der Waals surface area contributed by atoms with Gasteiger partial charge < -0.3 is 10.6 Å². The minimum atomic E-state index is -0.215. The summed E-state index contributed by atoms with van der Waals surface area (Å²) in [4.78, 5) is 11.8. The summed E-state index contributed by atoms with van der Waals surface area (Å²) >= 11 is 9.32. The van der Waals surface area contributed by atoms with Gasteiger partial charge in [0.1, 0.15) is 0 Å². The van der Waals surface area contributed by atoms with Crippen molar-refractivity contribution in [2.45, 2.75) is 33.4 Å². The average Bonchev–Trinajstić information content (AvgIpc) is 2.36. The third-order valence-corrected chi connectivity index (χ3v) is 3.89. The standard InChI is InChI=1S/C14H20BrClN2O/c1-9(2)7-18-14(19)10(3)17-8-11-4-5-13(16)12(15)6-11/h4-6,9-10,17H,7-8H2,1-3H3,(H,18,19). The van der Waals surface area contributed by atoms with Crippen LogP contribution in [0.5, 0.6) is 0 Å². The van der Waals surface area contributed by atoms with Gasteiger partial charge in [-0.2, -0.15) is 0 Å². The lowest BCUT2D eigenvalue weighted by molar-refractivity contribution is -0.122. The number of hydrogen-bond acceptors (Lipinski definition) is 2. The van der Waals surface area contributed by atoms with Crippen molar-refractivity contribution in [3.63, 3.8) is 0 Å². The van der Waals surface area contributed by atoms with Gasteiger partial charge >= 0.3 is 0 Å². The van der Waals surface area contributed by atoms with Crippen molar-refractivity contribution in [3.8, 4) is 0 Å². The Morgan fingerprint density at radius 1 is 1.37 bits per heavy atom. The molecule has 0 spiro atoms. The molecular weight excluding hydrogens is 328 g/mol. The molecule has 0 bridgehead atoms. The van der Waals surface area contributed by atoms with E-state index in [0.29, 0.717) is 24.0 Å². The van der Waals surface area contributed by atoms with Crippen molar-refractivity contribution >= 4 is 33.4 Å². The molecule has 106 valence electrons. The van der Waals surface area contributed by atoms with Gasteiger partial charge in [0, 0.05) is 17.6 Å². The van der Waals surface area contributed by atoms with Gasteiger partial charge in [-0.1, -0.05) is 31.5 Å². The first-order valence-corrected chi connectivity index (χ1v) is 7.52. The van der Waals surface area contributed by atoms with Gasteiger partial charge in [0.2, 0.25) is 5.91 Å². The summed E-state index contributed by atoms with van der Waals surface area (Å²) < 4.78 is 0.866. The maximum Gasteiger partial charge on any atom is 0.236 e. The Morgan fingerprint density at radius 3 is 2.63 bits per heavy atom. The highest BCUT2D eigenvalue weighted by atomic mass is 79.9. The first-order valence-electron chi connectivity index (χ1n) is 6.35. The van der Waals surface area contributed by atoms with Crippen molar-refractivity contribution < 1.29 is 4.79 Å². The lowest BCUT2D eigenvalue weighted by Gasteiger charge is -2.15. The molecule has 0 aromatic heterocycles. The molecule has 3 nitrogen and oxygen atoms in total. The predicted octanol–water partition coefficient (Wildman–Crippen LogP) is 3.35. The summed E-state index contributed by atoms with van der Waals surface area (Å²) in [6, 6.07) is 5.52. The molecule has 1 aromatic carbocycles. The van der Waals surface area contributed by atoms with E-state index in [1.807, 2.05) is 25.1 Å². The minimum absolute atomic E-state index is 0.0294. The second-order valence-corrected chi connectivity index (χ2v) is 6.25. The highest BCUT2D eigenvalue weighted by Gasteiger charge is 2.12. The zero-order chi connectivity index (χ0) is 14.4. The van der Waals surface area contributed by atoms with E-state index in [-0.39, 0.29) is 11.9 Å². The normalized spacial score (nSPS) is 12.5. The van der Waals surface area contributed by atoms with Crippen LogP contribution in [0.2, 0.25) is 5.02 Å². The molecule has 0 aliphatic carbocycles. The Hall–Kier alpha value is -0.580. The minimum Gasteiger partial charge on any atom is -0.354 e. The van der Waals surface area contributed by atoms with Crippen molar-refractivity contribution in [2.24, 2.45) is 5.92 Å². The van der Waals surface area contributed by atoms with Gasteiger partial charge in [0.05, 0.1) is 11.1 Å². The highest BCUT2D eigenvalue weighted by molar-refractivity contribution is 9.10. The largest absolute Gasteiger partial charge is 0.354 e. The van der Waals surface area contributed by atoms with E-state index in [2.05, 4.69) is 40.4 Å². The van der Waals surface area contributed by atoms with Crippen molar-refractivity contribution in [2.75, 3.05) is 6.54 Å². The molecule has 0 heterocycles. The average molecular weight is 348 g/mol. The summed E-state index contributed by atoms with van der Waals surface area (Å²) in [6.45, 7) is 7.34. The van der Waals surface area contributed by atoms with E-state index in [0.717, 1.165) is 10.0 Å². The summed E-state index contributed by atoms with van der Waals surface area (Å²) in [5.74, 6) is 0.491. The lowest BCUT2D eigenvalue weighted by atomic mass is 10.2. The van der Waals surface area contributed by atoms with Crippen LogP contribution in [-0.4, -0.2) is 18.5 Å². The van der Waals surface area contributed by atoms with E-state index in [9.17, 15) is 4.79 Å². The van der Waals surface area contributed by atoms with Crippen molar-refractivity contribution in [3.05, 3.63) is 33.3 Å². The molecule has 1 amide bonds. The summed E-state index contributed by atoms with van der Waals surface area (Å²) in [6.07, 6.45) is 0. The Morgan fingerprint density at radius 2 is 2.05 bits per heavy atom. The quantitative estimate of drug-likeness (QED) is 0.828. The molecule has 0 fully saturated rings. The fraction of sp³-hybridized carbons (Fsp3) is 0.500. The number of halogens is 2. The van der Waals surface area contributed by atoms with Gasteiger partial charge in [-0.15, -0.1) is 0 Å². The third kappa shape index (κ3) is 5.93. The molecule has 5 heteroatoms. The number of carbonyl (C=O) groups is 1. The first kappa shape index (κ1) is 16.5. The fourth-order valence-electron chi connectivity index (χ4n) is 1.47. The van der Waals surface area contributed by atoms with E-state index < -0.39 is 0 Å². The third-order valence-electron chi connectivity index (χ3n) is 2.67. The number of carbonyl (C=O) groups excluding carboxylic acids is 1. The number of nitrogens with one attached hydrogen (secondary N) is 2. The molecule has 1 atom stereocenters. The maximum absolute atomic E-state index is 11.8. The Bertz CT molecular complexity index is 437. The molecule has 1 unspecified atom stereocenters. The van der Waals surface area contributed by atoms with Crippen LogP contribution in [0.4, 0.5) is 0 Å². The second-order valence-electron chi connectivity index (χ2n) is 4.99. The molecule has 0 aliphatic heterocycles. The van der Waals surface area contributed by atoms with Crippen LogP contribution in [0.25, 0.3) is 0 Å². The van der Waals surface area contributed by atoms with Crippen LogP contribution < -0.4 is 10.6 Å². The molecule has 2 N–H and O–H groups in total. The van der Waals surface area contributed by atoms with E-state index in [4.69, 9.17) is 11.6 Å². The lowest BCUT2D eigenvalue weighted by Crippen LogP contribution is -2.42. The highest BCUT2D eigenvalue weighted by Crippen LogP contribution is 2.23. The monoisotopic (exact) mass is 346 g/mol. The van der Waals surface area contributed by atoms with Crippen molar-refractivity contribution in [1.82, 2.24) is 10.6 Å². The van der Waals surface area contributed by atoms with Crippen LogP contribution in [0.15, 0.2) is 22.7 Å². The fourth-order valence-corrected chi connectivity index (χ4v) is 2.01.